The summed E-state index contributed by atoms with van der Waals surface area (Å²) >= 11 is 0. The van der Waals surface area contributed by atoms with Crippen molar-refractivity contribution in [1.82, 2.24) is 0 Å². The van der Waals surface area contributed by atoms with Gasteiger partial charge < -0.3 is 20.1 Å². The molecule has 84 valence electrons. The monoisotopic (exact) mass is 204 g/mol. The lowest BCUT2D eigenvalue weighted by Crippen LogP contribution is -2.53. The first-order valence-electron chi connectivity index (χ1n) is 4.97. The van der Waals surface area contributed by atoms with Crippen LogP contribution in [-0.2, 0) is 4.74 Å². The highest BCUT2D eigenvalue weighted by atomic mass is 16.5. The van der Waals surface area contributed by atoms with Crippen LogP contribution >= 0.6 is 0 Å². The van der Waals surface area contributed by atoms with Gasteiger partial charge in [-0.1, -0.05) is 20.8 Å². The minimum Gasteiger partial charge on any atom is -0.388 e. The van der Waals surface area contributed by atoms with Crippen LogP contribution in [0.4, 0.5) is 0 Å². The lowest BCUT2D eigenvalue weighted by Gasteiger charge is -2.38. The van der Waals surface area contributed by atoms with Crippen molar-refractivity contribution in [3.63, 3.8) is 0 Å². The normalized spacial score (nSPS) is 39.9. The van der Waals surface area contributed by atoms with Crippen molar-refractivity contribution in [2.45, 2.75) is 51.6 Å². The first-order valence-corrected chi connectivity index (χ1v) is 4.97. The van der Waals surface area contributed by atoms with Crippen LogP contribution in [0.15, 0.2) is 0 Å². The average molecular weight is 204 g/mol. The molecule has 0 aromatic rings. The lowest BCUT2D eigenvalue weighted by molar-refractivity contribution is -0.193. The lowest BCUT2D eigenvalue weighted by atomic mass is 9.85. The Hall–Kier alpha value is -0.160. The number of aliphatic hydroxyl groups excluding tert-OH is 3. The molecule has 1 heterocycles. The molecule has 0 unspecified atom stereocenters. The summed E-state index contributed by atoms with van der Waals surface area (Å²) in [7, 11) is 0. The zero-order valence-corrected chi connectivity index (χ0v) is 8.97. The molecule has 3 N–H and O–H groups in total. The van der Waals surface area contributed by atoms with Crippen molar-refractivity contribution in [2.75, 3.05) is 6.61 Å². The molecule has 0 aromatic carbocycles. The van der Waals surface area contributed by atoms with Crippen molar-refractivity contribution in [2.24, 2.45) is 5.41 Å². The van der Waals surface area contributed by atoms with E-state index in [1.54, 1.807) is 0 Å². The molecule has 0 bridgehead atoms. The van der Waals surface area contributed by atoms with Crippen molar-refractivity contribution < 1.29 is 20.1 Å². The maximum atomic E-state index is 9.64. The fourth-order valence-electron chi connectivity index (χ4n) is 1.65. The summed E-state index contributed by atoms with van der Waals surface area (Å²) in [5.41, 5.74) is 0.0354. The Labute approximate surface area is 84.5 Å². The van der Waals surface area contributed by atoms with Crippen LogP contribution < -0.4 is 0 Å². The molecule has 0 saturated carbocycles. The fourth-order valence-corrected chi connectivity index (χ4v) is 1.65. The van der Waals surface area contributed by atoms with Gasteiger partial charge in [0.1, 0.15) is 18.3 Å². The fraction of sp³-hybridized carbons (Fsp3) is 1.00. The summed E-state index contributed by atoms with van der Waals surface area (Å²) in [6, 6.07) is 0. The van der Waals surface area contributed by atoms with E-state index in [1.807, 2.05) is 20.8 Å². The largest absolute Gasteiger partial charge is 0.388 e. The van der Waals surface area contributed by atoms with Crippen molar-refractivity contribution >= 4 is 0 Å². The first kappa shape index (κ1) is 11.9. The van der Waals surface area contributed by atoms with Crippen molar-refractivity contribution in [3.8, 4) is 0 Å². The highest BCUT2D eigenvalue weighted by Gasteiger charge is 2.38. The Kier molecular flexibility index (Phi) is 3.53. The maximum absolute atomic E-state index is 9.64. The van der Waals surface area contributed by atoms with Crippen molar-refractivity contribution in [1.29, 1.82) is 0 Å². The van der Waals surface area contributed by atoms with Gasteiger partial charge in [0.25, 0.3) is 0 Å². The second kappa shape index (κ2) is 4.14. The third kappa shape index (κ3) is 2.92. The summed E-state index contributed by atoms with van der Waals surface area (Å²) in [4.78, 5) is 0. The van der Waals surface area contributed by atoms with E-state index in [2.05, 4.69) is 0 Å². The highest BCUT2D eigenvalue weighted by molar-refractivity contribution is 4.88. The van der Waals surface area contributed by atoms with E-state index in [0.717, 1.165) is 0 Å². The Morgan fingerprint density at radius 2 is 1.71 bits per heavy atom. The predicted octanol–water partition coefficient (Wildman–Crippen LogP) is -0.0959. The Morgan fingerprint density at radius 3 is 2.21 bits per heavy atom. The molecule has 1 aliphatic heterocycles. The number of aliphatic hydroxyl groups is 3. The van der Waals surface area contributed by atoms with Crippen LogP contribution in [0, 0.1) is 5.41 Å². The Balaban J connectivity index is 2.55. The third-order valence-electron chi connectivity index (χ3n) is 2.42. The molecular formula is C10H20O4. The molecule has 0 amide bonds. The minimum atomic E-state index is -1.09. The van der Waals surface area contributed by atoms with E-state index < -0.39 is 18.3 Å². The molecule has 0 aromatic heterocycles. The smallest absolute Gasteiger partial charge is 0.111 e. The zero-order chi connectivity index (χ0) is 10.9. The number of rotatable bonds is 1. The summed E-state index contributed by atoms with van der Waals surface area (Å²) in [6.07, 6.45) is -2.76. The topological polar surface area (TPSA) is 69.9 Å². The molecule has 1 fully saturated rings. The van der Waals surface area contributed by atoms with Gasteiger partial charge in [-0.3, -0.25) is 0 Å². The first-order chi connectivity index (χ1) is 6.31. The second-order valence-electron chi connectivity index (χ2n) is 5.19. The van der Waals surface area contributed by atoms with Crippen LogP contribution in [0.2, 0.25) is 0 Å². The number of ether oxygens (including phenoxy) is 1. The van der Waals surface area contributed by atoms with E-state index in [1.165, 1.54) is 0 Å². The third-order valence-corrected chi connectivity index (χ3v) is 2.42. The van der Waals surface area contributed by atoms with Gasteiger partial charge in [-0.15, -0.1) is 0 Å². The van der Waals surface area contributed by atoms with Gasteiger partial charge in [-0.25, -0.2) is 0 Å². The van der Waals surface area contributed by atoms with E-state index in [-0.39, 0.29) is 18.1 Å². The van der Waals surface area contributed by atoms with E-state index in [0.29, 0.717) is 6.42 Å². The molecule has 1 saturated heterocycles. The molecule has 0 radical (unpaired) electrons. The Bertz CT molecular complexity index is 187. The molecule has 4 atom stereocenters. The molecular weight excluding hydrogens is 184 g/mol. The van der Waals surface area contributed by atoms with Gasteiger partial charge in [-0.2, -0.15) is 0 Å². The molecule has 14 heavy (non-hydrogen) atoms. The minimum absolute atomic E-state index is 0.0354. The van der Waals surface area contributed by atoms with Gasteiger partial charge in [-0.05, 0) is 11.8 Å². The van der Waals surface area contributed by atoms with Gasteiger partial charge in [0.05, 0.1) is 12.7 Å². The molecule has 4 heteroatoms. The molecule has 1 aliphatic rings. The number of hydrogen-bond donors (Lipinski definition) is 3. The van der Waals surface area contributed by atoms with E-state index in [9.17, 15) is 15.3 Å². The van der Waals surface area contributed by atoms with Gasteiger partial charge in [0.15, 0.2) is 0 Å². The quantitative estimate of drug-likeness (QED) is 0.558. The van der Waals surface area contributed by atoms with Crippen LogP contribution in [0.3, 0.4) is 0 Å². The highest BCUT2D eigenvalue weighted by Crippen LogP contribution is 2.27. The molecule has 0 aliphatic carbocycles. The van der Waals surface area contributed by atoms with E-state index >= 15 is 0 Å². The van der Waals surface area contributed by atoms with Crippen LogP contribution in [0.5, 0.6) is 0 Å². The summed E-state index contributed by atoms with van der Waals surface area (Å²) < 4.78 is 5.29. The molecule has 1 rings (SSSR count). The predicted molar refractivity (Wildman–Crippen MR) is 51.8 cm³/mol. The number of hydrogen-bond acceptors (Lipinski definition) is 4. The molecule has 4 nitrogen and oxygen atoms in total. The summed E-state index contributed by atoms with van der Waals surface area (Å²) in [5, 5.41) is 28.3. The standard InChI is InChI=1S/C10H20O4/c1-10(2,3)4-7-9(13)8(12)6(11)5-14-7/h6-9,11-13H,4-5H2,1-3H3/t6-,7+,8+,9+/m1/s1. The molecule has 0 spiro atoms. The summed E-state index contributed by atoms with van der Waals surface area (Å²) in [6.45, 7) is 6.22. The van der Waals surface area contributed by atoms with Crippen LogP contribution in [0.25, 0.3) is 0 Å². The average Bonchev–Trinajstić information content (AvgIpc) is 2.04. The van der Waals surface area contributed by atoms with Crippen LogP contribution in [-0.4, -0.2) is 46.3 Å². The SMILES string of the molecule is CC(C)(C)C[C@@H]1OC[C@@H](O)[C@H](O)[C@H]1O. The van der Waals surface area contributed by atoms with Gasteiger partial charge >= 0.3 is 0 Å². The van der Waals surface area contributed by atoms with Crippen molar-refractivity contribution in [3.05, 3.63) is 0 Å². The van der Waals surface area contributed by atoms with Gasteiger partial charge in [0, 0.05) is 0 Å². The second-order valence-corrected chi connectivity index (χ2v) is 5.19. The maximum Gasteiger partial charge on any atom is 0.111 e. The van der Waals surface area contributed by atoms with Crippen LogP contribution in [0.1, 0.15) is 27.2 Å². The van der Waals surface area contributed by atoms with Gasteiger partial charge in [0.2, 0.25) is 0 Å². The summed E-state index contributed by atoms with van der Waals surface area (Å²) in [5.74, 6) is 0. The van der Waals surface area contributed by atoms with E-state index in [4.69, 9.17) is 4.74 Å². The zero-order valence-electron chi connectivity index (χ0n) is 8.97. The Morgan fingerprint density at radius 1 is 1.14 bits per heavy atom.